The fraction of sp³-hybridized carbons (Fsp3) is 0.756. The van der Waals surface area contributed by atoms with Crippen molar-refractivity contribution in [2.75, 3.05) is 33.0 Å². The van der Waals surface area contributed by atoms with Crippen LogP contribution in [0.3, 0.4) is 0 Å². The van der Waals surface area contributed by atoms with E-state index in [1.54, 1.807) is 0 Å². The Morgan fingerprint density at radius 3 is 1.56 bits per heavy atom. The lowest BCUT2D eigenvalue weighted by atomic mass is 10.1. The fourth-order valence-electron chi connectivity index (χ4n) is 5.63. The zero-order valence-electron chi connectivity index (χ0n) is 34.9. The van der Waals surface area contributed by atoms with Crippen molar-refractivity contribution in [2.24, 2.45) is 0 Å². The number of esters is 1. The molecule has 0 rings (SSSR count). The van der Waals surface area contributed by atoms with Crippen molar-refractivity contribution in [3.63, 3.8) is 0 Å². The Morgan fingerprint density at radius 2 is 1.04 bits per heavy atom. The Kier molecular flexibility index (Phi) is 40.4. The van der Waals surface area contributed by atoms with E-state index in [9.17, 15) is 19.4 Å². The van der Waals surface area contributed by atoms with Crippen molar-refractivity contribution in [1.29, 1.82) is 0 Å². The first-order chi connectivity index (χ1) is 26.8. The van der Waals surface area contributed by atoms with E-state index in [-0.39, 0.29) is 19.6 Å². The van der Waals surface area contributed by atoms with E-state index < -0.39 is 39.2 Å². The van der Waals surface area contributed by atoms with Crippen LogP contribution in [0.1, 0.15) is 174 Å². The van der Waals surface area contributed by atoms with Gasteiger partial charge < -0.3 is 24.6 Å². The summed E-state index contributed by atoms with van der Waals surface area (Å²) in [5.74, 6) is -0.398. The Labute approximate surface area is 336 Å². The maximum absolute atomic E-state index is 12.6. The minimum absolute atomic E-state index is 0.0356. The van der Waals surface area contributed by atoms with Crippen LogP contribution in [0.5, 0.6) is 0 Å². The maximum Gasteiger partial charge on any atom is 0.472 e. The number of aliphatic hydroxyl groups excluding tert-OH is 2. The number of hydrogen-bond donors (Lipinski definition) is 3. The molecule has 10 heteroatoms. The number of phosphoric acid groups is 1. The van der Waals surface area contributed by atoms with Gasteiger partial charge in [0.05, 0.1) is 26.4 Å². The SMILES string of the molecule is CC/C=C\C/C=C\C/C=C\CCCCCCCCCC(=O)OC(COCCCCCCCC/C=C\C/C=C\CCCCCC)COP(=O)(O)OCC(O)CO. The van der Waals surface area contributed by atoms with Gasteiger partial charge in [0.2, 0.25) is 0 Å². The average molecular weight is 797 g/mol. The number of ether oxygens (including phenoxy) is 2. The minimum atomic E-state index is -4.53. The van der Waals surface area contributed by atoms with Crippen molar-refractivity contribution in [3.05, 3.63) is 60.8 Å². The molecule has 3 atom stereocenters. The summed E-state index contributed by atoms with van der Waals surface area (Å²) in [6, 6.07) is 0. The van der Waals surface area contributed by atoms with Crippen molar-refractivity contribution in [2.45, 2.75) is 187 Å². The van der Waals surface area contributed by atoms with Gasteiger partial charge in [0.1, 0.15) is 12.2 Å². The summed E-state index contributed by atoms with van der Waals surface area (Å²) < 4.78 is 33.4. The largest absolute Gasteiger partial charge is 0.472 e. The van der Waals surface area contributed by atoms with Gasteiger partial charge in [0.15, 0.2) is 0 Å². The Morgan fingerprint density at radius 1 is 0.582 bits per heavy atom. The third-order valence-corrected chi connectivity index (χ3v) is 9.89. The molecule has 0 bridgehead atoms. The lowest BCUT2D eigenvalue weighted by molar-refractivity contribution is -0.154. The second-order valence-electron chi connectivity index (χ2n) is 14.3. The third-order valence-electron chi connectivity index (χ3n) is 8.94. The second kappa shape index (κ2) is 41.8. The van der Waals surface area contributed by atoms with E-state index in [0.717, 1.165) is 77.0 Å². The molecule has 9 nitrogen and oxygen atoms in total. The highest BCUT2D eigenvalue weighted by Gasteiger charge is 2.26. The van der Waals surface area contributed by atoms with E-state index in [0.29, 0.717) is 13.0 Å². The molecule has 0 saturated heterocycles. The van der Waals surface area contributed by atoms with Crippen LogP contribution in [-0.2, 0) is 27.9 Å². The molecule has 3 unspecified atom stereocenters. The first kappa shape index (κ1) is 53.2. The van der Waals surface area contributed by atoms with E-state index in [2.05, 4.69) is 74.6 Å². The van der Waals surface area contributed by atoms with Crippen LogP contribution in [0.2, 0.25) is 0 Å². The summed E-state index contributed by atoms with van der Waals surface area (Å²) >= 11 is 0. The van der Waals surface area contributed by atoms with Crippen LogP contribution in [0.15, 0.2) is 60.8 Å². The maximum atomic E-state index is 12.6. The number of hydrogen-bond acceptors (Lipinski definition) is 8. The molecule has 0 aliphatic rings. The van der Waals surface area contributed by atoms with Gasteiger partial charge in [-0.15, -0.1) is 0 Å². The van der Waals surface area contributed by atoms with E-state index in [1.165, 1.54) is 70.6 Å². The van der Waals surface area contributed by atoms with Crippen molar-refractivity contribution >= 4 is 13.8 Å². The molecule has 0 saturated carbocycles. The van der Waals surface area contributed by atoms with Crippen LogP contribution >= 0.6 is 7.82 Å². The lowest BCUT2D eigenvalue weighted by Gasteiger charge is -2.20. The number of rotatable bonds is 41. The molecule has 0 fully saturated rings. The van der Waals surface area contributed by atoms with Gasteiger partial charge in [0, 0.05) is 13.0 Å². The smallest absolute Gasteiger partial charge is 0.457 e. The molecule has 0 amide bonds. The van der Waals surface area contributed by atoms with Gasteiger partial charge in [-0.05, 0) is 77.0 Å². The molecule has 55 heavy (non-hydrogen) atoms. The summed E-state index contributed by atoms with van der Waals surface area (Å²) in [4.78, 5) is 22.6. The summed E-state index contributed by atoms with van der Waals surface area (Å²) in [6.07, 6.45) is 47.4. The van der Waals surface area contributed by atoms with Crippen LogP contribution < -0.4 is 0 Å². The summed E-state index contributed by atoms with van der Waals surface area (Å²) in [7, 11) is -4.53. The van der Waals surface area contributed by atoms with Gasteiger partial charge in [-0.1, -0.05) is 152 Å². The normalized spacial score (nSPS) is 14.6. The topological polar surface area (TPSA) is 132 Å². The van der Waals surface area contributed by atoms with Gasteiger partial charge in [0.25, 0.3) is 0 Å². The zero-order chi connectivity index (χ0) is 40.3. The summed E-state index contributed by atoms with van der Waals surface area (Å²) in [6.45, 7) is 3.35. The highest BCUT2D eigenvalue weighted by molar-refractivity contribution is 7.47. The molecule has 3 N–H and O–H groups in total. The number of carbonyl (C=O) groups excluding carboxylic acids is 1. The molecule has 0 radical (unpaired) electrons. The third kappa shape index (κ3) is 41.6. The van der Waals surface area contributed by atoms with Gasteiger partial charge in [-0.2, -0.15) is 0 Å². The van der Waals surface area contributed by atoms with Crippen LogP contribution in [0.25, 0.3) is 0 Å². The summed E-state index contributed by atoms with van der Waals surface area (Å²) in [5.41, 5.74) is 0. The fourth-order valence-corrected chi connectivity index (χ4v) is 6.42. The zero-order valence-corrected chi connectivity index (χ0v) is 35.8. The monoisotopic (exact) mass is 797 g/mol. The number of phosphoric ester groups is 1. The Hall–Kier alpha value is -1.84. The molecule has 0 heterocycles. The average Bonchev–Trinajstić information content (AvgIpc) is 3.18. The van der Waals surface area contributed by atoms with E-state index in [4.69, 9.17) is 23.6 Å². The molecule has 0 spiro atoms. The lowest BCUT2D eigenvalue weighted by Crippen LogP contribution is -2.29. The Balaban J connectivity index is 4.21. The molecular weight excluding hydrogens is 715 g/mol. The highest BCUT2D eigenvalue weighted by Crippen LogP contribution is 2.43. The first-order valence-corrected chi connectivity index (χ1v) is 23.3. The standard InChI is InChI=1S/C45H81O9P/c1-3-5-7-9-11-13-15-17-19-21-23-25-27-29-31-33-35-37-45(48)54-44(42-53-55(49,50)52-40-43(47)39-46)41-51-38-36-34-32-30-28-26-24-22-20-18-16-14-12-10-8-6-4-2/h5,7,11,13-14,16-17,19-20,22,43-44,46-47H,3-4,6,8-10,12,15,18,21,23-42H2,1-2H3,(H,49,50)/b7-5-,13-11-,16-14-,19-17-,22-20-. The molecule has 0 aromatic rings. The molecule has 0 aromatic heterocycles. The number of unbranched alkanes of at least 4 members (excludes halogenated alkanes) is 17. The van der Waals surface area contributed by atoms with Gasteiger partial charge in [-0.3, -0.25) is 13.8 Å². The van der Waals surface area contributed by atoms with Crippen molar-refractivity contribution in [1.82, 2.24) is 0 Å². The molecule has 320 valence electrons. The molecular formula is C45H81O9P. The predicted octanol–water partition coefficient (Wildman–Crippen LogP) is 12.0. The van der Waals surface area contributed by atoms with Crippen LogP contribution in [-0.4, -0.2) is 66.3 Å². The molecule has 0 aliphatic carbocycles. The van der Waals surface area contributed by atoms with Crippen LogP contribution in [0, 0.1) is 0 Å². The van der Waals surface area contributed by atoms with Gasteiger partial charge >= 0.3 is 13.8 Å². The van der Waals surface area contributed by atoms with E-state index >= 15 is 0 Å². The highest BCUT2D eigenvalue weighted by atomic mass is 31.2. The van der Waals surface area contributed by atoms with Crippen LogP contribution in [0.4, 0.5) is 0 Å². The van der Waals surface area contributed by atoms with Crippen molar-refractivity contribution in [3.8, 4) is 0 Å². The minimum Gasteiger partial charge on any atom is -0.457 e. The molecule has 0 aliphatic heterocycles. The first-order valence-electron chi connectivity index (χ1n) is 21.8. The molecule has 0 aromatic carbocycles. The number of carbonyl (C=O) groups is 1. The summed E-state index contributed by atoms with van der Waals surface area (Å²) in [5, 5.41) is 18.3. The quantitative estimate of drug-likeness (QED) is 0.0239. The van der Waals surface area contributed by atoms with Gasteiger partial charge in [-0.25, -0.2) is 4.57 Å². The Bertz CT molecular complexity index is 1040. The van der Waals surface area contributed by atoms with E-state index in [1.807, 2.05) is 0 Å². The number of aliphatic hydroxyl groups is 2. The predicted molar refractivity (Wildman–Crippen MR) is 228 cm³/mol. The van der Waals surface area contributed by atoms with Crippen molar-refractivity contribution < 1.29 is 43.0 Å². The number of allylic oxidation sites excluding steroid dienone is 10. The second-order valence-corrected chi connectivity index (χ2v) is 15.8.